The normalized spacial score (nSPS) is 18.9. The molecule has 0 N–H and O–H groups in total. The van der Waals surface area contributed by atoms with Gasteiger partial charge in [-0.25, -0.2) is 4.39 Å². The Kier molecular flexibility index (Phi) is 5.26. The summed E-state index contributed by atoms with van der Waals surface area (Å²) in [6, 6.07) is 4.75. The zero-order valence-electron chi connectivity index (χ0n) is 11.6. The highest BCUT2D eigenvalue weighted by molar-refractivity contribution is 9.09. The fourth-order valence-electron chi connectivity index (χ4n) is 2.76. The topological polar surface area (TPSA) is 9.23 Å². The maximum atomic E-state index is 13.3. The van der Waals surface area contributed by atoms with Crippen LogP contribution in [0.5, 0.6) is 5.75 Å². The first-order chi connectivity index (χ1) is 9.15. The first kappa shape index (κ1) is 14.8. The van der Waals surface area contributed by atoms with Crippen LogP contribution in [0.25, 0.3) is 0 Å². The van der Waals surface area contributed by atoms with E-state index < -0.39 is 0 Å². The maximum absolute atomic E-state index is 13.3. The van der Waals surface area contributed by atoms with Crippen molar-refractivity contribution >= 4 is 15.9 Å². The van der Waals surface area contributed by atoms with Crippen LogP contribution in [0.3, 0.4) is 0 Å². The van der Waals surface area contributed by atoms with Gasteiger partial charge >= 0.3 is 0 Å². The van der Waals surface area contributed by atoms with Crippen molar-refractivity contribution in [2.45, 2.75) is 45.4 Å². The largest absolute Gasteiger partial charge is 0.493 e. The van der Waals surface area contributed by atoms with E-state index in [1.54, 1.807) is 6.07 Å². The molecule has 0 amide bonds. The van der Waals surface area contributed by atoms with Crippen LogP contribution in [-0.4, -0.2) is 11.9 Å². The number of ether oxygens (including phenoxy) is 1. The molecular weight excluding hydrogens is 307 g/mol. The molecule has 0 unspecified atom stereocenters. The lowest BCUT2D eigenvalue weighted by atomic mass is 9.83. The summed E-state index contributed by atoms with van der Waals surface area (Å²) in [5.41, 5.74) is 1.22. The van der Waals surface area contributed by atoms with Gasteiger partial charge in [0.1, 0.15) is 11.6 Å². The van der Waals surface area contributed by atoms with Crippen molar-refractivity contribution in [1.29, 1.82) is 0 Å². The Morgan fingerprint density at radius 2 is 1.89 bits per heavy atom. The van der Waals surface area contributed by atoms with Crippen molar-refractivity contribution < 1.29 is 9.13 Å². The summed E-state index contributed by atoms with van der Waals surface area (Å²) >= 11 is 3.66. The van der Waals surface area contributed by atoms with E-state index in [2.05, 4.69) is 15.9 Å². The van der Waals surface area contributed by atoms with Crippen LogP contribution in [-0.2, 0) is 0 Å². The number of halogens is 2. The minimum atomic E-state index is -0.227. The average molecular weight is 329 g/mol. The van der Waals surface area contributed by atoms with E-state index in [1.165, 1.54) is 50.7 Å². The van der Waals surface area contributed by atoms with Gasteiger partial charge in [-0.15, -0.1) is 0 Å². The number of benzene rings is 1. The second-order valence-corrected chi connectivity index (χ2v) is 6.31. The molecule has 0 spiro atoms. The zero-order chi connectivity index (χ0) is 13.7. The van der Waals surface area contributed by atoms with Gasteiger partial charge in [0.05, 0.1) is 6.61 Å². The molecule has 1 saturated carbocycles. The standard InChI is InChI=1S/C16H22BrFO/c1-13-6-7-14(18)10-15(13)19-12-16(11-17)8-4-2-3-5-9-16/h6-7,10H,2-5,8-9,11-12H2,1H3. The summed E-state index contributed by atoms with van der Waals surface area (Å²) in [5, 5.41) is 0.967. The van der Waals surface area contributed by atoms with Crippen LogP contribution < -0.4 is 4.74 Å². The van der Waals surface area contributed by atoms with Crippen LogP contribution in [0.1, 0.15) is 44.1 Å². The molecule has 0 radical (unpaired) electrons. The van der Waals surface area contributed by atoms with Crippen molar-refractivity contribution in [3.05, 3.63) is 29.6 Å². The van der Waals surface area contributed by atoms with E-state index >= 15 is 0 Å². The fraction of sp³-hybridized carbons (Fsp3) is 0.625. The molecule has 1 aliphatic carbocycles. The Labute approximate surface area is 123 Å². The van der Waals surface area contributed by atoms with E-state index in [-0.39, 0.29) is 11.2 Å². The molecule has 3 heteroatoms. The van der Waals surface area contributed by atoms with Crippen LogP contribution in [0.15, 0.2) is 18.2 Å². The van der Waals surface area contributed by atoms with Crippen molar-refractivity contribution in [2.75, 3.05) is 11.9 Å². The molecule has 1 aromatic carbocycles. The third-order valence-electron chi connectivity index (χ3n) is 4.13. The highest BCUT2D eigenvalue weighted by Crippen LogP contribution is 2.37. The second-order valence-electron chi connectivity index (χ2n) is 5.75. The van der Waals surface area contributed by atoms with E-state index in [0.717, 1.165) is 10.9 Å². The van der Waals surface area contributed by atoms with E-state index in [4.69, 9.17) is 4.74 Å². The zero-order valence-corrected chi connectivity index (χ0v) is 13.1. The molecule has 19 heavy (non-hydrogen) atoms. The van der Waals surface area contributed by atoms with E-state index in [0.29, 0.717) is 12.4 Å². The van der Waals surface area contributed by atoms with Crippen LogP contribution in [0.2, 0.25) is 0 Å². The Balaban J connectivity index is 2.04. The summed E-state index contributed by atoms with van der Waals surface area (Å²) in [5.74, 6) is 0.457. The summed E-state index contributed by atoms with van der Waals surface area (Å²) in [4.78, 5) is 0. The van der Waals surface area contributed by atoms with Gasteiger partial charge in [0, 0.05) is 16.8 Å². The minimum Gasteiger partial charge on any atom is -0.493 e. The van der Waals surface area contributed by atoms with Crippen LogP contribution in [0, 0.1) is 18.2 Å². The molecule has 0 aliphatic heterocycles. The van der Waals surface area contributed by atoms with Crippen molar-refractivity contribution in [2.24, 2.45) is 5.41 Å². The molecule has 0 atom stereocenters. The molecule has 1 aliphatic rings. The summed E-state index contributed by atoms with van der Waals surface area (Å²) in [6.45, 7) is 2.64. The van der Waals surface area contributed by atoms with Crippen LogP contribution in [0.4, 0.5) is 4.39 Å². The summed E-state index contributed by atoms with van der Waals surface area (Å²) in [7, 11) is 0. The van der Waals surface area contributed by atoms with Gasteiger partial charge in [0.2, 0.25) is 0 Å². The Bertz CT molecular complexity index is 411. The van der Waals surface area contributed by atoms with Crippen molar-refractivity contribution in [3.63, 3.8) is 0 Å². The van der Waals surface area contributed by atoms with Gasteiger partial charge in [0.25, 0.3) is 0 Å². The summed E-state index contributed by atoms with van der Waals surface area (Å²) in [6.07, 6.45) is 7.61. The highest BCUT2D eigenvalue weighted by Gasteiger charge is 2.31. The number of rotatable bonds is 4. The smallest absolute Gasteiger partial charge is 0.126 e. The van der Waals surface area contributed by atoms with Gasteiger partial charge in [-0.1, -0.05) is 47.7 Å². The molecule has 1 fully saturated rings. The monoisotopic (exact) mass is 328 g/mol. The van der Waals surface area contributed by atoms with Gasteiger partial charge in [-0.05, 0) is 31.4 Å². The minimum absolute atomic E-state index is 0.218. The lowest BCUT2D eigenvalue weighted by Gasteiger charge is -2.30. The molecule has 2 rings (SSSR count). The highest BCUT2D eigenvalue weighted by atomic mass is 79.9. The molecule has 1 aromatic rings. The van der Waals surface area contributed by atoms with Crippen molar-refractivity contribution in [3.8, 4) is 5.75 Å². The van der Waals surface area contributed by atoms with Crippen LogP contribution >= 0.6 is 15.9 Å². The van der Waals surface area contributed by atoms with Gasteiger partial charge in [0.15, 0.2) is 0 Å². The Morgan fingerprint density at radius 3 is 2.53 bits per heavy atom. The lowest BCUT2D eigenvalue weighted by molar-refractivity contribution is 0.148. The molecular formula is C16H22BrFO. The maximum Gasteiger partial charge on any atom is 0.126 e. The number of alkyl halides is 1. The molecule has 0 saturated heterocycles. The molecule has 1 nitrogen and oxygen atoms in total. The molecule has 0 aromatic heterocycles. The Morgan fingerprint density at radius 1 is 1.21 bits per heavy atom. The van der Waals surface area contributed by atoms with E-state index in [1.807, 2.05) is 6.92 Å². The lowest BCUT2D eigenvalue weighted by Crippen LogP contribution is -2.30. The summed E-state index contributed by atoms with van der Waals surface area (Å²) < 4.78 is 19.2. The molecule has 106 valence electrons. The average Bonchev–Trinajstić information content (AvgIpc) is 2.66. The van der Waals surface area contributed by atoms with Gasteiger partial charge < -0.3 is 4.74 Å². The molecule has 0 heterocycles. The van der Waals surface area contributed by atoms with Gasteiger partial charge in [-0.2, -0.15) is 0 Å². The van der Waals surface area contributed by atoms with Gasteiger partial charge in [-0.3, -0.25) is 0 Å². The quantitative estimate of drug-likeness (QED) is 0.542. The fourth-order valence-corrected chi connectivity index (χ4v) is 3.48. The van der Waals surface area contributed by atoms with Crippen molar-refractivity contribution in [1.82, 2.24) is 0 Å². The first-order valence-corrected chi connectivity index (χ1v) is 8.22. The number of hydrogen-bond acceptors (Lipinski definition) is 1. The number of hydrogen-bond donors (Lipinski definition) is 0. The third-order valence-corrected chi connectivity index (χ3v) is 5.32. The third kappa shape index (κ3) is 3.95. The number of aryl methyl sites for hydroxylation is 1. The predicted octanol–water partition coefficient (Wildman–Crippen LogP) is 5.25. The second kappa shape index (κ2) is 6.74. The predicted molar refractivity (Wildman–Crippen MR) is 80.6 cm³/mol. The molecule has 0 bridgehead atoms. The Hall–Kier alpha value is -0.570. The SMILES string of the molecule is Cc1ccc(F)cc1OCC1(CBr)CCCCCC1. The van der Waals surface area contributed by atoms with E-state index in [9.17, 15) is 4.39 Å². The first-order valence-electron chi connectivity index (χ1n) is 7.10.